The maximum absolute atomic E-state index is 12.9. The van der Waals surface area contributed by atoms with Crippen LogP contribution in [0.2, 0.25) is 0 Å². The van der Waals surface area contributed by atoms with Gasteiger partial charge in [0.2, 0.25) is 0 Å². The first-order valence-corrected chi connectivity index (χ1v) is 31.0. The van der Waals surface area contributed by atoms with Crippen molar-refractivity contribution in [3.05, 3.63) is 36.5 Å². The van der Waals surface area contributed by atoms with Crippen molar-refractivity contribution < 1.29 is 28.6 Å². The molecule has 0 aliphatic rings. The van der Waals surface area contributed by atoms with Crippen LogP contribution in [0.4, 0.5) is 0 Å². The minimum absolute atomic E-state index is 0.0735. The molecule has 0 amide bonds. The Hall–Kier alpha value is -2.37. The summed E-state index contributed by atoms with van der Waals surface area (Å²) in [6.45, 7) is 6.61. The van der Waals surface area contributed by atoms with Crippen molar-refractivity contribution in [2.24, 2.45) is 0 Å². The Morgan fingerprint density at radius 2 is 0.543 bits per heavy atom. The summed E-state index contributed by atoms with van der Waals surface area (Å²) in [4.78, 5) is 38.2. The lowest BCUT2D eigenvalue weighted by molar-refractivity contribution is -0.167. The fourth-order valence-electron chi connectivity index (χ4n) is 9.18. The van der Waals surface area contributed by atoms with E-state index in [1.165, 1.54) is 218 Å². The van der Waals surface area contributed by atoms with Crippen LogP contribution in [0, 0.1) is 0 Å². The van der Waals surface area contributed by atoms with Crippen LogP contribution in [-0.4, -0.2) is 37.2 Å². The quantitative estimate of drug-likeness (QED) is 0.0261. The maximum Gasteiger partial charge on any atom is 0.306 e. The van der Waals surface area contributed by atoms with E-state index >= 15 is 0 Å². The number of carbonyl (C=O) groups is 3. The summed E-state index contributed by atoms with van der Waals surface area (Å²) in [6, 6.07) is 0. The third-order valence-corrected chi connectivity index (χ3v) is 13.8. The van der Waals surface area contributed by atoms with Crippen molar-refractivity contribution in [2.45, 2.75) is 341 Å². The van der Waals surface area contributed by atoms with E-state index in [1.54, 1.807) is 0 Å². The van der Waals surface area contributed by atoms with Crippen LogP contribution < -0.4 is 0 Å². The Balaban J connectivity index is 4.23. The van der Waals surface area contributed by atoms with E-state index in [4.69, 9.17) is 14.2 Å². The van der Waals surface area contributed by atoms with Crippen LogP contribution in [0.25, 0.3) is 0 Å². The van der Waals surface area contributed by atoms with Crippen LogP contribution in [0.15, 0.2) is 36.5 Å². The zero-order valence-electron chi connectivity index (χ0n) is 47.1. The summed E-state index contributed by atoms with van der Waals surface area (Å²) < 4.78 is 16.9. The maximum atomic E-state index is 12.9. The monoisotopic (exact) mass is 983 g/mol. The van der Waals surface area contributed by atoms with E-state index in [-0.39, 0.29) is 31.1 Å². The van der Waals surface area contributed by atoms with E-state index in [2.05, 4.69) is 57.2 Å². The van der Waals surface area contributed by atoms with Crippen molar-refractivity contribution in [1.82, 2.24) is 0 Å². The van der Waals surface area contributed by atoms with Crippen molar-refractivity contribution in [2.75, 3.05) is 13.2 Å². The van der Waals surface area contributed by atoms with Crippen LogP contribution in [0.5, 0.6) is 0 Å². The molecule has 410 valence electrons. The Kier molecular flexibility index (Phi) is 57.2. The highest BCUT2D eigenvalue weighted by atomic mass is 16.6. The molecular weight excluding hydrogens is 865 g/mol. The zero-order chi connectivity index (χ0) is 50.7. The lowest BCUT2D eigenvalue weighted by atomic mass is 10.0. The van der Waals surface area contributed by atoms with Gasteiger partial charge in [-0.3, -0.25) is 14.4 Å². The van der Waals surface area contributed by atoms with Gasteiger partial charge in [0.05, 0.1) is 0 Å². The number of esters is 3. The van der Waals surface area contributed by atoms with E-state index in [9.17, 15) is 14.4 Å². The molecule has 0 aliphatic heterocycles. The summed E-state index contributed by atoms with van der Waals surface area (Å²) in [5.41, 5.74) is 0. The van der Waals surface area contributed by atoms with Crippen molar-refractivity contribution in [3.8, 4) is 0 Å². The lowest BCUT2D eigenvalue weighted by Gasteiger charge is -2.18. The predicted molar refractivity (Wildman–Crippen MR) is 302 cm³/mol. The van der Waals surface area contributed by atoms with Crippen molar-refractivity contribution >= 4 is 17.9 Å². The molecule has 1 unspecified atom stereocenters. The summed E-state index contributed by atoms with van der Waals surface area (Å²) in [5.74, 6) is -0.868. The number of hydrogen-bond acceptors (Lipinski definition) is 6. The normalized spacial score (nSPS) is 12.2. The molecule has 6 nitrogen and oxygen atoms in total. The number of hydrogen-bond donors (Lipinski definition) is 0. The molecular formula is C64H118O6. The second kappa shape index (κ2) is 59.2. The first kappa shape index (κ1) is 67.6. The minimum Gasteiger partial charge on any atom is -0.462 e. The molecule has 0 fully saturated rings. The van der Waals surface area contributed by atoms with Gasteiger partial charge in [-0.05, 0) is 70.6 Å². The number of ether oxygens (including phenoxy) is 3. The van der Waals surface area contributed by atoms with Gasteiger partial charge >= 0.3 is 17.9 Å². The summed E-state index contributed by atoms with van der Waals surface area (Å²) in [6.07, 6.45) is 71.6. The van der Waals surface area contributed by atoms with Crippen LogP contribution in [0.3, 0.4) is 0 Å². The van der Waals surface area contributed by atoms with Gasteiger partial charge < -0.3 is 14.2 Å². The van der Waals surface area contributed by atoms with E-state index in [0.717, 1.165) is 77.0 Å². The SMILES string of the molecule is CCC/C=C\CCCCCCCC(=O)OCC(COC(=O)CCCCCCCCCCC/C=C\C/C=C\CCCCCCC)OC(=O)CCCCCCCCCCCCCCCCCCCCCCC. The lowest BCUT2D eigenvalue weighted by Crippen LogP contribution is -2.30. The highest BCUT2D eigenvalue weighted by Gasteiger charge is 2.19. The number of unbranched alkanes of at least 4 members (excludes halogenated alkanes) is 40. The molecule has 0 spiro atoms. The molecule has 0 bridgehead atoms. The van der Waals surface area contributed by atoms with Gasteiger partial charge in [-0.25, -0.2) is 0 Å². The first-order valence-electron chi connectivity index (χ1n) is 31.0. The molecule has 0 N–H and O–H groups in total. The van der Waals surface area contributed by atoms with Crippen molar-refractivity contribution in [3.63, 3.8) is 0 Å². The second-order valence-corrected chi connectivity index (χ2v) is 21.0. The largest absolute Gasteiger partial charge is 0.462 e. The number of allylic oxidation sites excluding steroid dienone is 6. The van der Waals surface area contributed by atoms with E-state index in [0.29, 0.717) is 19.3 Å². The third-order valence-electron chi connectivity index (χ3n) is 13.8. The van der Waals surface area contributed by atoms with Crippen molar-refractivity contribution in [1.29, 1.82) is 0 Å². The number of carbonyl (C=O) groups excluding carboxylic acids is 3. The molecule has 0 saturated carbocycles. The molecule has 6 heteroatoms. The molecule has 0 aromatic carbocycles. The molecule has 0 heterocycles. The van der Waals surface area contributed by atoms with Gasteiger partial charge in [0, 0.05) is 19.3 Å². The van der Waals surface area contributed by atoms with Crippen LogP contribution in [-0.2, 0) is 28.6 Å². The van der Waals surface area contributed by atoms with Gasteiger partial charge in [-0.2, -0.15) is 0 Å². The molecule has 70 heavy (non-hydrogen) atoms. The highest BCUT2D eigenvalue weighted by Crippen LogP contribution is 2.17. The third kappa shape index (κ3) is 56.5. The Labute approximate surface area is 435 Å². The fourth-order valence-corrected chi connectivity index (χ4v) is 9.18. The topological polar surface area (TPSA) is 78.9 Å². The summed E-state index contributed by atoms with van der Waals surface area (Å²) in [7, 11) is 0. The smallest absolute Gasteiger partial charge is 0.306 e. The standard InChI is InChI=1S/C64H118O6/c1-4-7-10-13-16-19-22-24-26-28-30-32-34-36-38-40-42-45-48-51-54-57-63(66)69-60-61(59-68-62(65)56-53-50-47-44-21-18-15-12-9-6-3)70-64(67)58-55-52-49-46-43-41-39-37-35-33-31-29-27-25-23-20-17-14-11-8-5-2/h12,15,22,24,28,30,61H,4-11,13-14,16-21,23,25-27,29,31-60H2,1-3H3/b15-12-,24-22-,30-28-. The molecule has 0 rings (SSSR count). The van der Waals surface area contributed by atoms with E-state index in [1.807, 2.05) is 0 Å². The minimum atomic E-state index is -0.774. The van der Waals surface area contributed by atoms with Crippen LogP contribution >= 0.6 is 0 Å². The Morgan fingerprint density at radius 3 is 0.857 bits per heavy atom. The number of rotatable bonds is 57. The fraction of sp³-hybridized carbons (Fsp3) is 0.859. The van der Waals surface area contributed by atoms with Gasteiger partial charge in [0.1, 0.15) is 13.2 Å². The zero-order valence-corrected chi connectivity index (χ0v) is 47.1. The summed E-state index contributed by atoms with van der Waals surface area (Å²) in [5, 5.41) is 0. The molecule has 0 aliphatic carbocycles. The average Bonchev–Trinajstić information content (AvgIpc) is 3.36. The second-order valence-electron chi connectivity index (χ2n) is 21.0. The van der Waals surface area contributed by atoms with Crippen LogP contribution in [0.1, 0.15) is 335 Å². The molecule has 0 aromatic rings. The molecule has 0 aromatic heterocycles. The average molecular weight is 984 g/mol. The Bertz CT molecular complexity index is 1170. The predicted octanol–water partition coefficient (Wildman–Crippen LogP) is 20.8. The van der Waals surface area contributed by atoms with Gasteiger partial charge in [0.25, 0.3) is 0 Å². The van der Waals surface area contributed by atoms with Gasteiger partial charge in [-0.1, -0.05) is 282 Å². The molecule has 0 saturated heterocycles. The Morgan fingerprint density at radius 1 is 0.286 bits per heavy atom. The highest BCUT2D eigenvalue weighted by molar-refractivity contribution is 5.71. The summed E-state index contributed by atoms with van der Waals surface area (Å²) >= 11 is 0. The molecule has 0 radical (unpaired) electrons. The van der Waals surface area contributed by atoms with Gasteiger partial charge in [0.15, 0.2) is 6.10 Å². The van der Waals surface area contributed by atoms with Gasteiger partial charge in [-0.15, -0.1) is 0 Å². The molecule has 1 atom stereocenters. The van der Waals surface area contributed by atoms with E-state index < -0.39 is 6.10 Å². The first-order chi connectivity index (χ1) is 34.5.